The van der Waals surface area contributed by atoms with Crippen molar-refractivity contribution in [3.8, 4) is 0 Å². The zero-order valence-electron chi connectivity index (χ0n) is 18.0. The lowest BCUT2D eigenvalue weighted by molar-refractivity contribution is -0.118. The van der Waals surface area contributed by atoms with Crippen LogP contribution in [0, 0.1) is 17.0 Å². The summed E-state index contributed by atoms with van der Waals surface area (Å²) in [7, 11) is 0. The fraction of sp³-hybridized carbons (Fsp3) is 0.280. The molecule has 0 unspecified atom stereocenters. The third kappa shape index (κ3) is 4.19. The number of anilines is 1. The van der Waals surface area contributed by atoms with Crippen LogP contribution in [0.3, 0.4) is 0 Å². The van der Waals surface area contributed by atoms with E-state index in [1.54, 1.807) is 31.2 Å². The van der Waals surface area contributed by atoms with Crippen molar-refractivity contribution in [1.82, 2.24) is 5.32 Å². The van der Waals surface area contributed by atoms with Crippen molar-refractivity contribution in [3.63, 3.8) is 0 Å². The molecule has 2 aliphatic rings. The van der Waals surface area contributed by atoms with Crippen LogP contribution in [0.1, 0.15) is 45.1 Å². The fourth-order valence-electron chi connectivity index (χ4n) is 4.51. The molecule has 1 heterocycles. The first-order valence-electron chi connectivity index (χ1n) is 10.3. The molecule has 0 spiro atoms. The number of dihydropyridines is 1. The molecule has 166 valence electrons. The molecular formula is C25H23ClF2N2O2. The quantitative estimate of drug-likeness (QED) is 0.608. The molecular weight excluding hydrogens is 434 g/mol. The Morgan fingerprint density at radius 3 is 2.47 bits per heavy atom. The Balaban J connectivity index is 1.80. The van der Waals surface area contributed by atoms with Crippen LogP contribution in [-0.4, -0.2) is 11.7 Å². The van der Waals surface area contributed by atoms with E-state index in [1.165, 1.54) is 6.07 Å². The molecule has 2 N–H and O–H groups in total. The molecule has 4 rings (SSSR count). The predicted molar refractivity (Wildman–Crippen MR) is 120 cm³/mol. The van der Waals surface area contributed by atoms with E-state index in [2.05, 4.69) is 10.6 Å². The summed E-state index contributed by atoms with van der Waals surface area (Å²) in [6, 6.07) is 9.94. The van der Waals surface area contributed by atoms with Crippen molar-refractivity contribution >= 4 is 29.0 Å². The van der Waals surface area contributed by atoms with Crippen molar-refractivity contribution in [3.05, 3.63) is 87.2 Å². The van der Waals surface area contributed by atoms with Gasteiger partial charge in [-0.1, -0.05) is 37.6 Å². The SMILES string of the molecule is CC1=C(C(=O)Nc2ccc(F)cc2F)[C@H](c2ccc(Cl)cc2)C2=C(CC(C)(C)CC2=O)N1. The first-order chi connectivity index (χ1) is 15.1. The third-order valence-corrected chi connectivity index (χ3v) is 6.12. The summed E-state index contributed by atoms with van der Waals surface area (Å²) < 4.78 is 27.5. The van der Waals surface area contributed by atoms with Gasteiger partial charge >= 0.3 is 0 Å². The van der Waals surface area contributed by atoms with Gasteiger partial charge in [-0.3, -0.25) is 9.59 Å². The van der Waals surface area contributed by atoms with Crippen molar-refractivity contribution in [2.75, 3.05) is 5.32 Å². The van der Waals surface area contributed by atoms with Crippen molar-refractivity contribution in [2.45, 2.75) is 39.5 Å². The third-order valence-electron chi connectivity index (χ3n) is 5.87. The van der Waals surface area contributed by atoms with E-state index < -0.39 is 23.5 Å². The van der Waals surface area contributed by atoms with Gasteiger partial charge in [0.1, 0.15) is 11.6 Å². The largest absolute Gasteiger partial charge is 0.362 e. The second kappa shape index (κ2) is 8.17. The summed E-state index contributed by atoms with van der Waals surface area (Å²) in [4.78, 5) is 26.6. The average molecular weight is 457 g/mol. The standard InChI is InChI=1S/C25H23ClF2N2O2/c1-13-21(24(32)30-18-9-8-16(27)10-17(18)28)22(14-4-6-15(26)7-5-14)23-19(29-13)11-25(2,3)12-20(23)31/h4-10,22,29H,11-12H2,1-3H3,(H,30,32)/t22-/m0/s1. The van der Waals surface area contributed by atoms with E-state index in [4.69, 9.17) is 11.6 Å². The van der Waals surface area contributed by atoms with E-state index in [-0.39, 0.29) is 16.9 Å². The minimum absolute atomic E-state index is 0.0329. The number of allylic oxidation sites excluding steroid dienone is 3. The highest BCUT2D eigenvalue weighted by Crippen LogP contribution is 2.46. The van der Waals surface area contributed by atoms with Gasteiger partial charge in [0.05, 0.1) is 5.69 Å². The Labute approximate surface area is 190 Å². The lowest BCUT2D eigenvalue weighted by Crippen LogP contribution is -2.39. The van der Waals surface area contributed by atoms with Gasteiger partial charge in [0, 0.05) is 46.0 Å². The lowest BCUT2D eigenvalue weighted by atomic mass is 9.68. The van der Waals surface area contributed by atoms with Crippen LogP contribution in [0.5, 0.6) is 0 Å². The van der Waals surface area contributed by atoms with Crippen molar-refractivity contribution in [2.24, 2.45) is 5.41 Å². The molecule has 7 heteroatoms. The maximum Gasteiger partial charge on any atom is 0.254 e. The van der Waals surface area contributed by atoms with Gasteiger partial charge in [-0.2, -0.15) is 0 Å². The van der Waals surface area contributed by atoms with E-state index in [9.17, 15) is 18.4 Å². The van der Waals surface area contributed by atoms with Crippen molar-refractivity contribution in [1.29, 1.82) is 0 Å². The number of carbonyl (C=O) groups is 2. The van der Waals surface area contributed by atoms with Gasteiger partial charge in [0.15, 0.2) is 5.78 Å². The Morgan fingerprint density at radius 2 is 1.81 bits per heavy atom. The van der Waals surface area contributed by atoms with Crippen LogP contribution in [0.4, 0.5) is 14.5 Å². The number of amides is 1. The highest BCUT2D eigenvalue weighted by atomic mass is 35.5. The Bertz CT molecular complexity index is 1180. The van der Waals surface area contributed by atoms with E-state index in [1.807, 2.05) is 13.8 Å². The number of carbonyl (C=O) groups excluding carboxylic acids is 2. The van der Waals surface area contributed by atoms with Crippen molar-refractivity contribution < 1.29 is 18.4 Å². The number of Topliss-reactive ketones (excluding diaryl/α,β-unsaturated/α-hetero) is 1. The van der Waals surface area contributed by atoms with E-state index in [0.717, 1.165) is 17.3 Å². The number of benzene rings is 2. The second-order valence-corrected chi connectivity index (χ2v) is 9.50. The van der Waals surface area contributed by atoms with Crippen LogP contribution in [-0.2, 0) is 9.59 Å². The van der Waals surface area contributed by atoms with Gasteiger partial charge in [-0.25, -0.2) is 8.78 Å². The van der Waals surface area contributed by atoms with Gasteiger partial charge in [-0.05, 0) is 48.6 Å². The Morgan fingerprint density at radius 1 is 1.12 bits per heavy atom. The summed E-state index contributed by atoms with van der Waals surface area (Å²) in [5.74, 6) is -2.84. The molecule has 1 atom stereocenters. The van der Waals surface area contributed by atoms with Gasteiger partial charge in [0.2, 0.25) is 0 Å². The number of hydrogen-bond donors (Lipinski definition) is 2. The van der Waals surface area contributed by atoms with Crippen LogP contribution in [0.25, 0.3) is 0 Å². The molecule has 0 saturated carbocycles. The highest BCUT2D eigenvalue weighted by molar-refractivity contribution is 6.30. The first kappa shape index (κ1) is 22.2. The molecule has 1 aliphatic heterocycles. The molecule has 32 heavy (non-hydrogen) atoms. The van der Waals surface area contributed by atoms with Gasteiger partial charge in [0.25, 0.3) is 5.91 Å². The maximum atomic E-state index is 14.2. The summed E-state index contributed by atoms with van der Waals surface area (Å²) >= 11 is 6.06. The zero-order chi connectivity index (χ0) is 23.2. The molecule has 0 saturated heterocycles. The van der Waals surface area contributed by atoms with E-state index >= 15 is 0 Å². The summed E-state index contributed by atoms with van der Waals surface area (Å²) in [5.41, 5.74) is 2.63. The lowest BCUT2D eigenvalue weighted by Gasteiger charge is -2.39. The van der Waals surface area contributed by atoms with Gasteiger partial charge in [-0.15, -0.1) is 0 Å². The summed E-state index contributed by atoms with van der Waals surface area (Å²) in [6.07, 6.45) is 1.02. The van der Waals surface area contributed by atoms with Crippen LogP contribution in [0.15, 0.2) is 65.0 Å². The molecule has 0 fully saturated rings. The Kier molecular flexibility index (Phi) is 5.67. The molecule has 1 aliphatic carbocycles. The first-order valence-corrected chi connectivity index (χ1v) is 10.7. The van der Waals surface area contributed by atoms with Crippen LogP contribution >= 0.6 is 11.6 Å². The molecule has 0 bridgehead atoms. The minimum Gasteiger partial charge on any atom is -0.362 e. The smallest absolute Gasteiger partial charge is 0.254 e. The molecule has 2 aromatic rings. The fourth-order valence-corrected chi connectivity index (χ4v) is 4.63. The van der Waals surface area contributed by atoms with Crippen LogP contribution < -0.4 is 10.6 Å². The molecule has 0 radical (unpaired) electrons. The van der Waals surface area contributed by atoms with Crippen LogP contribution in [0.2, 0.25) is 5.02 Å². The summed E-state index contributed by atoms with van der Waals surface area (Å²) in [5, 5.41) is 6.33. The molecule has 4 nitrogen and oxygen atoms in total. The molecule has 0 aromatic heterocycles. The highest BCUT2D eigenvalue weighted by Gasteiger charge is 2.42. The number of ketones is 1. The Hall–Kier alpha value is -2.99. The zero-order valence-corrected chi connectivity index (χ0v) is 18.7. The number of rotatable bonds is 3. The normalized spacial score (nSPS) is 20.1. The minimum atomic E-state index is -0.876. The topological polar surface area (TPSA) is 58.2 Å². The summed E-state index contributed by atoms with van der Waals surface area (Å²) in [6.45, 7) is 5.83. The number of nitrogens with one attached hydrogen (secondary N) is 2. The number of halogens is 3. The molecule has 1 amide bonds. The van der Waals surface area contributed by atoms with Gasteiger partial charge < -0.3 is 10.6 Å². The average Bonchev–Trinajstić information content (AvgIpc) is 2.68. The monoisotopic (exact) mass is 456 g/mol. The maximum absolute atomic E-state index is 14.2. The molecule has 2 aromatic carbocycles. The number of hydrogen-bond acceptors (Lipinski definition) is 3. The predicted octanol–water partition coefficient (Wildman–Crippen LogP) is 5.86. The van der Waals surface area contributed by atoms with E-state index in [0.29, 0.717) is 40.8 Å². The second-order valence-electron chi connectivity index (χ2n) is 9.06.